The fraction of sp³-hybridized carbons (Fsp3) is 0.647. The molecule has 0 heterocycles. The van der Waals surface area contributed by atoms with Crippen LogP contribution in [0.15, 0.2) is 37.5 Å². The lowest BCUT2D eigenvalue weighted by molar-refractivity contribution is 0.664. The number of hydrogen-bond acceptors (Lipinski definition) is 0. The molecule has 0 aromatic carbocycles. The number of rotatable bonds is 4. The molecule has 0 radical (unpaired) electrons. The van der Waals surface area contributed by atoms with Gasteiger partial charge in [-0.2, -0.15) is 0 Å². The van der Waals surface area contributed by atoms with Gasteiger partial charge < -0.3 is 0 Å². The van der Waals surface area contributed by atoms with Crippen LogP contribution in [0.25, 0.3) is 0 Å². The molecule has 17 heavy (non-hydrogen) atoms. The molecule has 0 atom stereocenters. The van der Waals surface area contributed by atoms with Crippen LogP contribution in [-0.4, -0.2) is 0 Å². The van der Waals surface area contributed by atoms with Crippen molar-refractivity contribution in [2.75, 3.05) is 0 Å². The summed E-state index contributed by atoms with van der Waals surface area (Å²) in [4.78, 5) is 0. The van der Waals surface area contributed by atoms with E-state index in [-0.39, 0.29) is 0 Å². The Bertz CT molecular complexity index is 182. The van der Waals surface area contributed by atoms with Gasteiger partial charge in [-0.3, -0.25) is 0 Å². The first-order chi connectivity index (χ1) is 7.68. The summed E-state index contributed by atoms with van der Waals surface area (Å²) in [5.74, 6) is 2.09. The average molecular weight is 238 g/mol. The molecule has 0 fully saturated rings. The van der Waals surface area contributed by atoms with Crippen LogP contribution >= 0.6 is 0 Å². The Morgan fingerprint density at radius 1 is 1.00 bits per heavy atom. The summed E-state index contributed by atoms with van der Waals surface area (Å²) >= 11 is 0. The van der Waals surface area contributed by atoms with E-state index >= 15 is 0 Å². The minimum absolute atomic E-state index is 0.648. The van der Waals surface area contributed by atoms with Crippen molar-refractivity contribution in [1.29, 1.82) is 0 Å². The first kappa shape index (κ1) is 21.5. The summed E-state index contributed by atoms with van der Waals surface area (Å²) in [5.41, 5.74) is 1.26. The number of allylic oxidation sites excluding steroid dienone is 3. The molecule has 0 amide bonds. The van der Waals surface area contributed by atoms with Gasteiger partial charge in [0.1, 0.15) is 0 Å². The monoisotopic (exact) mass is 238 g/mol. The van der Waals surface area contributed by atoms with Crippen molar-refractivity contribution < 1.29 is 0 Å². The van der Waals surface area contributed by atoms with Gasteiger partial charge in [0.2, 0.25) is 0 Å². The third-order valence-corrected chi connectivity index (χ3v) is 2.10. The molecular weight excluding hydrogens is 204 g/mol. The molecule has 0 saturated carbocycles. The van der Waals surface area contributed by atoms with Crippen LogP contribution in [0.5, 0.6) is 0 Å². The van der Waals surface area contributed by atoms with Crippen LogP contribution in [0.4, 0.5) is 0 Å². The first-order valence-electron chi connectivity index (χ1n) is 6.57. The Morgan fingerprint density at radius 2 is 1.29 bits per heavy atom. The van der Waals surface area contributed by atoms with Gasteiger partial charge in [-0.25, -0.2) is 0 Å². The third kappa shape index (κ3) is 39.4. The predicted molar refractivity (Wildman–Crippen MR) is 84.3 cm³/mol. The van der Waals surface area contributed by atoms with Crippen molar-refractivity contribution in [2.45, 2.75) is 54.9 Å². The van der Waals surface area contributed by atoms with Crippen LogP contribution in [0.1, 0.15) is 54.9 Å². The van der Waals surface area contributed by atoms with E-state index in [0.29, 0.717) is 11.8 Å². The Balaban J connectivity index is -0.000000174. The lowest BCUT2D eigenvalue weighted by atomic mass is 10.1. The zero-order valence-electron chi connectivity index (χ0n) is 13.2. The van der Waals surface area contributed by atoms with E-state index in [2.05, 4.69) is 61.3 Å². The van der Waals surface area contributed by atoms with Crippen molar-refractivity contribution in [3.8, 4) is 0 Å². The van der Waals surface area contributed by atoms with E-state index in [4.69, 9.17) is 0 Å². The highest BCUT2D eigenvalue weighted by Gasteiger charge is 1.87. The number of hydrogen-bond donors (Lipinski definition) is 0. The molecule has 0 aromatic rings. The van der Waals surface area contributed by atoms with Crippen molar-refractivity contribution in [1.82, 2.24) is 0 Å². The molecule has 0 aliphatic heterocycles. The van der Waals surface area contributed by atoms with Gasteiger partial charge >= 0.3 is 0 Å². The molecule has 0 nitrogen and oxygen atoms in total. The second-order valence-electron chi connectivity index (χ2n) is 5.40. The maximum atomic E-state index is 3.75. The largest absolute Gasteiger partial charge is 0.103 e. The summed E-state index contributed by atoms with van der Waals surface area (Å²) in [7, 11) is 0. The maximum absolute atomic E-state index is 3.75. The van der Waals surface area contributed by atoms with E-state index in [1.54, 1.807) is 0 Å². The summed E-state index contributed by atoms with van der Waals surface area (Å²) < 4.78 is 0. The standard InChI is InChI=1S/2C6H12.C5H10/c1-5(2)6(3)4;1-4-5-6(2)3;1-4-5(2)3/h6H,1H2,2-4H3;4,6H,1,5H2,2-3H3;4-5H,1H2,2-3H3. The molecule has 0 heteroatoms. The Hall–Kier alpha value is -0.780. The molecule has 0 unspecified atom stereocenters. The van der Waals surface area contributed by atoms with Crippen molar-refractivity contribution in [3.05, 3.63) is 37.5 Å². The summed E-state index contributed by atoms with van der Waals surface area (Å²) in [5, 5.41) is 0. The summed E-state index contributed by atoms with van der Waals surface area (Å²) in [6.07, 6.45) is 5.00. The summed E-state index contributed by atoms with van der Waals surface area (Å²) in [6.45, 7) is 25.8. The highest BCUT2D eigenvalue weighted by Crippen LogP contribution is 2.02. The van der Waals surface area contributed by atoms with E-state index < -0.39 is 0 Å². The lowest BCUT2D eigenvalue weighted by Gasteiger charge is -1.97. The molecular formula is C17H34. The van der Waals surface area contributed by atoms with Gasteiger partial charge in [0.15, 0.2) is 0 Å². The molecule has 0 aliphatic carbocycles. The minimum atomic E-state index is 0.648. The fourth-order valence-electron chi connectivity index (χ4n) is 0.333. The average Bonchev–Trinajstić information content (AvgIpc) is 2.19. The molecule has 0 saturated heterocycles. The highest BCUT2D eigenvalue weighted by atomic mass is 13.9. The smallest absolute Gasteiger partial charge is 0.0266 e. The molecule has 102 valence electrons. The lowest BCUT2D eigenvalue weighted by Crippen LogP contribution is -1.83. The zero-order chi connectivity index (χ0) is 14.4. The first-order valence-corrected chi connectivity index (χ1v) is 6.57. The van der Waals surface area contributed by atoms with Gasteiger partial charge in [-0.1, -0.05) is 65.8 Å². The topological polar surface area (TPSA) is 0 Å². The van der Waals surface area contributed by atoms with Gasteiger partial charge in [-0.05, 0) is 31.1 Å². The fourth-order valence-corrected chi connectivity index (χ4v) is 0.333. The van der Waals surface area contributed by atoms with Crippen molar-refractivity contribution >= 4 is 0 Å². The maximum Gasteiger partial charge on any atom is -0.0266 e. The van der Waals surface area contributed by atoms with Crippen LogP contribution in [0, 0.1) is 17.8 Å². The molecule has 0 spiro atoms. The van der Waals surface area contributed by atoms with E-state index in [1.807, 2.05) is 19.1 Å². The van der Waals surface area contributed by atoms with E-state index in [0.717, 1.165) is 12.3 Å². The van der Waals surface area contributed by atoms with Crippen molar-refractivity contribution in [3.63, 3.8) is 0 Å². The Kier molecular flexibility index (Phi) is 19.2. The minimum Gasteiger partial charge on any atom is -0.103 e. The van der Waals surface area contributed by atoms with Crippen LogP contribution < -0.4 is 0 Å². The summed E-state index contributed by atoms with van der Waals surface area (Å²) in [6, 6.07) is 0. The van der Waals surface area contributed by atoms with Crippen molar-refractivity contribution in [2.24, 2.45) is 17.8 Å². The van der Waals surface area contributed by atoms with Gasteiger partial charge in [0, 0.05) is 0 Å². The van der Waals surface area contributed by atoms with Gasteiger partial charge in [-0.15, -0.1) is 13.2 Å². The highest BCUT2D eigenvalue weighted by molar-refractivity contribution is 4.90. The second-order valence-corrected chi connectivity index (χ2v) is 5.40. The van der Waals surface area contributed by atoms with Gasteiger partial charge in [0.05, 0.1) is 0 Å². The molecule has 0 aromatic heterocycles. The second kappa shape index (κ2) is 15.2. The van der Waals surface area contributed by atoms with E-state index in [9.17, 15) is 0 Å². The molecule has 0 aliphatic rings. The van der Waals surface area contributed by atoms with Crippen LogP contribution in [0.2, 0.25) is 0 Å². The van der Waals surface area contributed by atoms with Crippen LogP contribution in [0.3, 0.4) is 0 Å². The van der Waals surface area contributed by atoms with Crippen LogP contribution in [-0.2, 0) is 0 Å². The Morgan fingerprint density at radius 3 is 1.29 bits per heavy atom. The molecule has 0 rings (SSSR count). The SMILES string of the molecule is C=C(C)C(C)C.C=CC(C)C.C=CCC(C)C. The Labute approximate surface area is 111 Å². The predicted octanol–water partition coefficient (Wildman–Crippen LogP) is 6.27. The quantitative estimate of drug-likeness (QED) is 0.507. The van der Waals surface area contributed by atoms with E-state index in [1.165, 1.54) is 5.57 Å². The molecule has 0 bridgehead atoms. The zero-order valence-corrected chi connectivity index (χ0v) is 13.2. The molecule has 0 N–H and O–H groups in total. The van der Waals surface area contributed by atoms with Gasteiger partial charge in [0.25, 0.3) is 0 Å². The third-order valence-electron chi connectivity index (χ3n) is 2.10. The normalized spacial score (nSPS) is 9.06.